The van der Waals surface area contributed by atoms with Crippen LogP contribution < -0.4 is 0 Å². The molecule has 1 aromatic rings. The lowest BCUT2D eigenvalue weighted by atomic mass is 10.1. The van der Waals surface area contributed by atoms with Gasteiger partial charge in [-0.05, 0) is 31.3 Å². The fraction of sp³-hybridized carbons (Fsp3) is 0.545. The molecule has 70 valence electrons. The molecule has 0 amide bonds. The van der Waals surface area contributed by atoms with Gasteiger partial charge in [0, 0.05) is 19.4 Å². The lowest BCUT2D eigenvalue weighted by molar-refractivity contribution is 0.620. The minimum Gasteiger partial charge on any atom is -0.335 e. The van der Waals surface area contributed by atoms with Gasteiger partial charge >= 0.3 is 0 Å². The topological polar surface area (TPSA) is 17.8 Å². The molecule has 1 aliphatic carbocycles. The van der Waals surface area contributed by atoms with Crippen LogP contribution in [0.25, 0.3) is 6.08 Å². The smallest absolute Gasteiger partial charge is 0.132 e. The van der Waals surface area contributed by atoms with E-state index in [9.17, 15) is 0 Å². The van der Waals surface area contributed by atoms with Crippen LogP contribution in [0.3, 0.4) is 0 Å². The molecule has 0 aliphatic heterocycles. The maximum atomic E-state index is 4.29. The predicted molar refractivity (Wildman–Crippen MR) is 54.2 cm³/mol. The molecule has 0 saturated heterocycles. The van der Waals surface area contributed by atoms with E-state index in [0.29, 0.717) is 0 Å². The maximum Gasteiger partial charge on any atom is 0.132 e. The molecule has 1 saturated carbocycles. The average molecular weight is 176 g/mol. The van der Waals surface area contributed by atoms with E-state index >= 15 is 0 Å². The van der Waals surface area contributed by atoms with Gasteiger partial charge in [0.1, 0.15) is 5.82 Å². The number of aryl methyl sites for hydroxylation is 1. The third-order valence-electron chi connectivity index (χ3n) is 2.76. The fourth-order valence-electron chi connectivity index (χ4n) is 1.91. The SMILES string of the molecule is CC1CC/C(=C/c2nccn2C)C1. The zero-order chi connectivity index (χ0) is 9.26. The van der Waals surface area contributed by atoms with Crippen molar-refractivity contribution in [3.63, 3.8) is 0 Å². The van der Waals surface area contributed by atoms with Crippen LogP contribution in [0.1, 0.15) is 32.0 Å². The van der Waals surface area contributed by atoms with Crippen molar-refractivity contribution in [2.24, 2.45) is 13.0 Å². The summed E-state index contributed by atoms with van der Waals surface area (Å²) in [5.41, 5.74) is 1.56. The number of aromatic nitrogens is 2. The van der Waals surface area contributed by atoms with E-state index in [-0.39, 0.29) is 0 Å². The summed E-state index contributed by atoms with van der Waals surface area (Å²) in [6, 6.07) is 0. The van der Waals surface area contributed by atoms with Gasteiger partial charge in [-0.25, -0.2) is 4.98 Å². The van der Waals surface area contributed by atoms with Crippen molar-refractivity contribution in [1.29, 1.82) is 0 Å². The molecule has 2 rings (SSSR count). The van der Waals surface area contributed by atoms with Crippen molar-refractivity contribution in [3.8, 4) is 0 Å². The largest absolute Gasteiger partial charge is 0.335 e. The van der Waals surface area contributed by atoms with Crippen LogP contribution in [0.4, 0.5) is 0 Å². The molecule has 0 bridgehead atoms. The normalized spacial score (nSPS) is 25.7. The minimum atomic E-state index is 0.867. The van der Waals surface area contributed by atoms with Crippen LogP contribution in [0.2, 0.25) is 0 Å². The van der Waals surface area contributed by atoms with E-state index in [2.05, 4.69) is 22.6 Å². The molecule has 13 heavy (non-hydrogen) atoms. The van der Waals surface area contributed by atoms with Crippen LogP contribution >= 0.6 is 0 Å². The first kappa shape index (κ1) is 8.54. The van der Waals surface area contributed by atoms with Crippen LogP contribution in [-0.4, -0.2) is 9.55 Å². The molecule has 0 aromatic carbocycles. The van der Waals surface area contributed by atoms with E-state index in [4.69, 9.17) is 0 Å². The van der Waals surface area contributed by atoms with Gasteiger partial charge in [0.05, 0.1) is 0 Å². The summed E-state index contributed by atoms with van der Waals surface area (Å²) < 4.78 is 2.07. The second-order valence-electron chi connectivity index (χ2n) is 4.05. The van der Waals surface area contributed by atoms with E-state index in [1.54, 1.807) is 5.57 Å². The Hall–Kier alpha value is -1.05. The highest BCUT2D eigenvalue weighted by Gasteiger charge is 2.14. The van der Waals surface area contributed by atoms with Gasteiger partial charge < -0.3 is 4.57 Å². The van der Waals surface area contributed by atoms with Crippen LogP contribution in [0, 0.1) is 5.92 Å². The summed E-state index contributed by atoms with van der Waals surface area (Å²) in [5, 5.41) is 0. The zero-order valence-electron chi connectivity index (χ0n) is 8.33. The van der Waals surface area contributed by atoms with Gasteiger partial charge in [-0.3, -0.25) is 0 Å². The summed E-state index contributed by atoms with van der Waals surface area (Å²) in [4.78, 5) is 4.29. The Bertz CT molecular complexity index is 323. The Balaban J connectivity index is 2.17. The number of hydrogen-bond donors (Lipinski definition) is 0. The van der Waals surface area contributed by atoms with Crippen molar-refractivity contribution in [1.82, 2.24) is 9.55 Å². The fourth-order valence-corrected chi connectivity index (χ4v) is 1.91. The summed E-state index contributed by atoms with van der Waals surface area (Å²) in [6.07, 6.45) is 9.94. The third kappa shape index (κ3) is 1.82. The summed E-state index contributed by atoms with van der Waals surface area (Å²) >= 11 is 0. The van der Waals surface area contributed by atoms with Gasteiger partial charge in [-0.1, -0.05) is 12.5 Å². The monoisotopic (exact) mass is 176 g/mol. The van der Waals surface area contributed by atoms with Gasteiger partial charge in [0.2, 0.25) is 0 Å². The second-order valence-corrected chi connectivity index (χ2v) is 4.05. The maximum absolute atomic E-state index is 4.29. The van der Waals surface area contributed by atoms with Crippen molar-refractivity contribution in [3.05, 3.63) is 23.8 Å². The highest BCUT2D eigenvalue weighted by Crippen LogP contribution is 2.30. The molecule has 1 fully saturated rings. The molecule has 0 radical (unpaired) electrons. The van der Waals surface area contributed by atoms with Crippen LogP contribution in [-0.2, 0) is 7.05 Å². The highest BCUT2D eigenvalue weighted by molar-refractivity contribution is 5.46. The summed E-state index contributed by atoms with van der Waals surface area (Å²) in [5.74, 6) is 1.95. The first-order chi connectivity index (χ1) is 6.25. The van der Waals surface area contributed by atoms with E-state index in [1.807, 2.05) is 19.4 Å². The first-order valence-electron chi connectivity index (χ1n) is 4.92. The van der Waals surface area contributed by atoms with Gasteiger partial charge in [-0.15, -0.1) is 0 Å². The second kappa shape index (κ2) is 3.36. The molecule has 1 unspecified atom stereocenters. The first-order valence-corrected chi connectivity index (χ1v) is 4.92. The third-order valence-corrected chi connectivity index (χ3v) is 2.76. The molecule has 1 aromatic heterocycles. The standard InChI is InChI=1S/C11H16N2/c1-9-3-4-10(7-9)8-11-12-5-6-13(11)2/h5-6,8-9H,3-4,7H2,1-2H3/b10-8-. The number of rotatable bonds is 1. The van der Waals surface area contributed by atoms with E-state index < -0.39 is 0 Å². The molecule has 2 heteroatoms. The summed E-state index contributed by atoms with van der Waals surface area (Å²) in [6.45, 7) is 2.32. The van der Waals surface area contributed by atoms with Crippen molar-refractivity contribution in [2.75, 3.05) is 0 Å². The van der Waals surface area contributed by atoms with Gasteiger partial charge in [0.25, 0.3) is 0 Å². The number of nitrogens with zero attached hydrogens (tertiary/aromatic N) is 2. The molecule has 1 heterocycles. The van der Waals surface area contributed by atoms with Gasteiger partial charge in [-0.2, -0.15) is 0 Å². The molecular formula is C11H16N2. The van der Waals surface area contributed by atoms with Crippen molar-refractivity contribution >= 4 is 6.08 Å². The number of allylic oxidation sites excluding steroid dienone is 1. The number of hydrogen-bond acceptors (Lipinski definition) is 1. The molecule has 1 aliphatic rings. The molecule has 0 spiro atoms. The quantitative estimate of drug-likeness (QED) is 0.643. The Labute approximate surface area is 79.3 Å². The molecule has 1 atom stereocenters. The lowest BCUT2D eigenvalue weighted by Gasteiger charge is -1.98. The number of imidazole rings is 1. The minimum absolute atomic E-state index is 0.867. The van der Waals surface area contributed by atoms with Crippen LogP contribution in [0.5, 0.6) is 0 Å². The highest BCUT2D eigenvalue weighted by atomic mass is 15.0. The Morgan fingerprint density at radius 3 is 3.00 bits per heavy atom. The Kier molecular flexibility index (Phi) is 2.21. The predicted octanol–water partition coefficient (Wildman–Crippen LogP) is 2.62. The summed E-state index contributed by atoms with van der Waals surface area (Å²) in [7, 11) is 2.04. The molecular weight excluding hydrogens is 160 g/mol. The van der Waals surface area contributed by atoms with E-state index in [1.165, 1.54) is 19.3 Å². The zero-order valence-corrected chi connectivity index (χ0v) is 8.33. The van der Waals surface area contributed by atoms with Crippen molar-refractivity contribution in [2.45, 2.75) is 26.2 Å². The average Bonchev–Trinajstić information content (AvgIpc) is 2.64. The Morgan fingerprint density at radius 2 is 2.46 bits per heavy atom. The van der Waals surface area contributed by atoms with E-state index in [0.717, 1.165) is 11.7 Å². The van der Waals surface area contributed by atoms with Crippen LogP contribution in [0.15, 0.2) is 18.0 Å². The Morgan fingerprint density at radius 1 is 1.62 bits per heavy atom. The molecule has 0 N–H and O–H groups in total. The van der Waals surface area contributed by atoms with Gasteiger partial charge in [0.15, 0.2) is 0 Å². The van der Waals surface area contributed by atoms with Crippen molar-refractivity contribution < 1.29 is 0 Å². The molecule has 2 nitrogen and oxygen atoms in total. The lowest BCUT2D eigenvalue weighted by Crippen LogP contribution is -1.90.